The van der Waals surface area contributed by atoms with E-state index in [0.717, 1.165) is 11.8 Å². The van der Waals surface area contributed by atoms with Crippen molar-refractivity contribution in [2.45, 2.75) is 18.9 Å². The molecular formula is C19H18O4. The predicted molar refractivity (Wildman–Crippen MR) is 86.9 cm³/mol. The highest BCUT2D eigenvalue weighted by Crippen LogP contribution is 2.22. The molecule has 2 rings (SSSR count). The molecule has 0 fully saturated rings. The molecule has 0 saturated carbocycles. The summed E-state index contributed by atoms with van der Waals surface area (Å²) in [7, 11) is 0. The van der Waals surface area contributed by atoms with Gasteiger partial charge in [-0.15, -0.1) is 0 Å². The molecule has 4 heteroatoms. The Morgan fingerprint density at radius 3 is 2.17 bits per heavy atom. The Hall–Kier alpha value is -2.72. The maximum atomic E-state index is 12.2. The zero-order chi connectivity index (χ0) is 16.8. The number of hydrogen-bond donors (Lipinski definition) is 1. The highest BCUT2D eigenvalue weighted by molar-refractivity contribution is 5.99. The lowest BCUT2D eigenvalue weighted by Crippen LogP contribution is -2.13. The summed E-state index contributed by atoms with van der Waals surface area (Å²) in [4.78, 5) is 23.9. The summed E-state index contributed by atoms with van der Waals surface area (Å²) < 4.78 is 4.75. The van der Waals surface area contributed by atoms with E-state index in [0.29, 0.717) is 11.1 Å². The molecule has 0 aromatic heterocycles. The summed E-state index contributed by atoms with van der Waals surface area (Å²) >= 11 is 0. The van der Waals surface area contributed by atoms with E-state index in [9.17, 15) is 14.7 Å². The van der Waals surface area contributed by atoms with Crippen LogP contribution >= 0.6 is 0 Å². The first kappa shape index (κ1) is 16.6. The van der Waals surface area contributed by atoms with Gasteiger partial charge in [-0.05, 0) is 18.1 Å². The van der Waals surface area contributed by atoms with Crippen LogP contribution in [-0.4, -0.2) is 16.9 Å². The minimum atomic E-state index is -1.23. The Labute approximate surface area is 135 Å². The van der Waals surface area contributed by atoms with Crippen molar-refractivity contribution < 1.29 is 19.4 Å². The van der Waals surface area contributed by atoms with Gasteiger partial charge >= 0.3 is 5.97 Å². The van der Waals surface area contributed by atoms with Gasteiger partial charge in [0.05, 0.1) is 12.2 Å². The Morgan fingerprint density at radius 1 is 1.04 bits per heavy atom. The molecule has 0 spiro atoms. The molecule has 2 unspecified atom stereocenters. The number of hydrogen-bond acceptors (Lipinski definition) is 4. The van der Waals surface area contributed by atoms with Crippen molar-refractivity contribution in [3.63, 3.8) is 0 Å². The van der Waals surface area contributed by atoms with Gasteiger partial charge in [-0.2, -0.15) is 0 Å². The molecule has 1 N–H and O–H groups in total. The zero-order valence-corrected chi connectivity index (χ0v) is 12.8. The fourth-order valence-corrected chi connectivity index (χ4v) is 2.20. The molecule has 2 aromatic carbocycles. The van der Waals surface area contributed by atoms with E-state index in [1.165, 1.54) is 0 Å². The molecule has 0 aliphatic rings. The highest BCUT2D eigenvalue weighted by Gasteiger charge is 2.20. The van der Waals surface area contributed by atoms with Crippen LogP contribution in [0.2, 0.25) is 0 Å². The van der Waals surface area contributed by atoms with Gasteiger partial charge in [-0.25, -0.2) is 0 Å². The van der Waals surface area contributed by atoms with E-state index in [2.05, 4.69) is 6.58 Å². The maximum absolute atomic E-state index is 12.2. The number of carbonyl (C=O) groups is 2. The zero-order valence-electron chi connectivity index (χ0n) is 12.8. The molecule has 0 aliphatic heterocycles. The van der Waals surface area contributed by atoms with Crippen molar-refractivity contribution in [1.29, 1.82) is 0 Å². The van der Waals surface area contributed by atoms with Crippen LogP contribution in [0.4, 0.5) is 0 Å². The molecule has 118 valence electrons. The second-order valence-electron chi connectivity index (χ2n) is 5.12. The van der Waals surface area contributed by atoms with Crippen LogP contribution in [0.5, 0.6) is 0 Å². The van der Waals surface area contributed by atoms with Crippen molar-refractivity contribution in [3.8, 4) is 0 Å². The second-order valence-corrected chi connectivity index (χ2v) is 5.12. The first-order chi connectivity index (χ1) is 11.0. The van der Waals surface area contributed by atoms with Gasteiger partial charge in [0.15, 0.2) is 5.78 Å². The van der Waals surface area contributed by atoms with Crippen LogP contribution in [0, 0.1) is 0 Å². The lowest BCUT2D eigenvalue weighted by Gasteiger charge is -2.13. The molecule has 2 aromatic rings. The van der Waals surface area contributed by atoms with Gasteiger partial charge in [-0.3, -0.25) is 9.59 Å². The number of rotatable bonds is 6. The average Bonchev–Trinajstić information content (AvgIpc) is 2.61. The minimum Gasteiger partial charge on any atom is -0.435 e. The predicted octanol–water partition coefficient (Wildman–Crippen LogP) is 3.39. The van der Waals surface area contributed by atoms with Gasteiger partial charge in [0.1, 0.15) is 6.10 Å². The van der Waals surface area contributed by atoms with Gasteiger partial charge in [0.25, 0.3) is 0 Å². The van der Waals surface area contributed by atoms with E-state index >= 15 is 0 Å². The van der Waals surface area contributed by atoms with Crippen LogP contribution < -0.4 is 0 Å². The molecular weight excluding hydrogens is 292 g/mol. The van der Waals surface area contributed by atoms with Crippen molar-refractivity contribution in [2.24, 2.45) is 0 Å². The van der Waals surface area contributed by atoms with Crippen molar-refractivity contribution in [1.82, 2.24) is 0 Å². The molecule has 0 saturated heterocycles. The van der Waals surface area contributed by atoms with E-state index in [-0.39, 0.29) is 5.78 Å². The first-order valence-corrected chi connectivity index (χ1v) is 7.23. The molecule has 4 nitrogen and oxygen atoms in total. The normalized spacial score (nSPS) is 13.0. The Morgan fingerprint density at radius 2 is 1.61 bits per heavy atom. The smallest absolute Gasteiger partial charge is 0.317 e. The average molecular weight is 310 g/mol. The van der Waals surface area contributed by atoms with Gasteiger partial charge < -0.3 is 9.84 Å². The molecule has 0 bridgehead atoms. The van der Waals surface area contributed by atoms with E-state index in [4.69, 9.17) is 4.74 Å². The third kappa shape index (κ3) is 3.93. The number of esters is 1. The number of aliphatic hydroxyl groups excluding tert-OH is 1. The topological polar surface area (TPSA) is 63.6 Å². The lowest BCUT2D eigenvalue weighted by molar-refractivity contribution is -0.139. The van der Waals surface area contributed by atoms with Crippen LogP contribution in [-0.2, 0) is 9.53 Å². The van der Waals surface area contributed by atoms with E-state index < -0.39 is 18.0 Å². The number of ketones is 1. The van der Waals surface area contributed by atoms with Crippen LogP contribution in [0.1, 0.15) is 40.4 Å². The van der Waals surface area contributed by atoms with E-state index in [1.54, 1.807) is 55.5 Å². The standard InChI is InChI=1S/C19H18O4/c1-3-23-19(22)13(2)14-9-11-16(12-10-14)18(21)17(20)15-7-5-4-6-8-15/h3-13,18,21H,1H2,2H3. The van der Waals surface area contributed by atoms with Crippen molar-refractivity contribution in [3.05, 3.63) is 84.1 Å². The number of ether oxygens (including phenoxy) is 1. The maximum Gasteiger partial charge on any atom is 0.317 e. The minimum absolute atomic E-state index is 0.363. The van der Waals surface area contributed by atoms with E-state index in [1.807, 2.05) is 6.07 Å². The van der Waals surface area contributed by atoms with Gasteiger partial charge in [-0.1, -0.05) is 61.2 Å². The fraction of sp³-hybridized carbons (Fsp3) is 0.158. The van der Waals surface area contributed by atoms with Crippen molar-refractivity contribution >= 4 is 11.8 Å². The summed E-state index contributed by atoms with van der Waals surface area (Å²) in [5.74, 6) is -1.23. The monoisotopic (exact) mass is 310 g/mol. The Bertz CT molecular complexity index is 689. The first-order valence-electron chi connectivity index (χ1n) is 7.23. The second kappa shape index (κ2) is 7.51. The lowest BCUT2D eigenvalue weighted by atomic mass is 9.96. The summed E-state index contributed by atoms with van der Waals surface area (Å²) in [5.41, 5.74) is 1.67. The Balaban J connectivity index is 2.14. The molecule has 0 radical (unpaired) electrons. The van der Waals surface area contributed by atoms with Crippen LogP contribution in [0.15, 0.2) is 67.4 Å². The fourth-order valence-electron chi connectivity index (χ4n) is 2.20. The molecule has 0 heterocycles. The summed E-state index contributed by atoms with van der Waals surface area (Å²) in [6.07, 6.45) is -0.142. The third-order valence-corrected chi connectivity index (χ3v) is 3.61. The number of benzene rings is 2. The highest BCUT2D eigenvalue weighted by atomic mass is 16.5. The molecule has 2 atom stereocenters. The summed E-state index contributed by atoms with van der Waals surface area (Å²) in [6, 6.07) is 15.3. The van der Waals surface area contributed by atoms with Crippen LogP contribution in [0.25, 0.3) is 0 Å². The van der Waals surface area contributed by atoms with Crippen molar-refractivity contribution in [2.75, 3.05) is 0 Å². The molecule has 0 aliphatic carbocycles. The third-order valence-electron chi connectivity index (χ3n) is 3.61. The van der Waals surface area contributed by atoms with Gasteiger partial charge in [0.2, 0.25) is 0 Å². The largest absolute Gasteiger partial charge is 0.435 e. The molecule has 23 heavy (non-hydrogen) atoms. The summed E-state index contributed by atoms with van der Waals surface area (Å²) in [6.45, 7) is 5.06. The Kier molecular flexibility index (Phi) is 5.44. The summed E-state index contributed by atoms with van der Waals surface area (Å²) in [5, 5.41) is 10.2. The quantitative estimate of drug-likeness (QED) is 0.504. The number of carbonyl (C=O) groups excluding carboxylic acids is 2. The van der Waals surface area contributed by atoms with Crippen LogP contribution in [0.3, 0.4) is 0 Å². The SMILES string of the molecule is C=COC(=O)C(C)c1ccc(C(O)C(=O)c2ccccc2)cc1. The number of Topliss-reactive ketones (excluding diaryl/α,β-unsaturated/α-hetero) is 1. The van der Waals surface area contributed by atoms with Gasteiger partial charge in [0, 0.05) is 5.56 Å². The molecule has 0 amide bonds. The number of aliphatic hydroxyl groups is 1.